The minimum absolute atomic E-state index is 0.118. The number of nitrogens with one attached hydrogen (secondary N) is 2. The number of nitriles is 1. The molecule has 10 heteroatoms. The molecule has 0 aliphatic carbocycles. The fourth-order valence-corrected chi connectivity index (χ4v) is 4.19. The van der Waals surface area contributed by atoms with Crippen LogP contribution >= 0.6 is 23.4 Å². The second-order valence-electron chi connectivity index (χ2n) is 8.35. The Labute approximate surface area is 224 Å². The third-order valence-electron chi connectivity index (χ3n) is 5.14. The Morgan fingerprint density at radius 1 is 1.19 bits per heavy atom. The fraction of sp³-hybridized carbons (Fsp3) is 0.259. The number of halogens is 3. The zero-order chi connectivity index (χ0) is 27.6. The van der Waals surface area contributed by atoms with Crippen molar-refractivity contribution in [2.45, 2.75) is 37.5 Å². The summed E-state index contributed by atoms with van der Waals surface area (Å²) in [6.07, 6.45) is 2.83. The number of hydrogen-bond acceptors (Lipinski definition) is 6. The predicted octanol–water partition coefficient (Wildman–Crippen LogP) is 6.38. The van der Waals surface area contributed by atoms with Gasteiger partial charge < -0.3 is 15.4 Å². The number of hydrogen-bond donors (Lipinski definition) is 2. The lowest BCUT2D eigenvalue weighted by molar-refractivity contribution is -0.115. The summed E-state index contributed by atoms with van der Waals surface area (Å²) in [5.74, 6) is -0.719. The molecular weight excluding hydrogens is 518 g/mol. The van der Waals surface area contributed by atoms with E-state index in [4.69, 9.17) is 16.9 Å². The fourth-order valence-electron chi connectivity index (χ4n) is 3.14. The van der Waals surface area contributed by atoms with Crippen molar-refractivity contribution in [3.05, 3.63) is 82.1 Å². The van der Waals surface area contributed by atoms with E-state index in [9.17, 15) is 18.4 Å². The first kappa shape index (κ1) is 29.7. The molecule has 0 aliphatic heterocycles. The van der Waals surface area contributed by atoms with Crippen molar-refractivity contribution in [2.75, 3.05) is 23.4 Å². The van der Waals surface area contributed by atoms with Crippen LogP contribution in [0.3, 0.4) is 0 Å². The molecule has 1 heterocycles. The van der Waals surface area contributed by atoms with Crippen LogP contribution in [-0.2, 0) is 21.4 Å². The van der Waals surface area contributed by atoms with Crippen molar-refractivity contribution in [3.8, 4) is 6.07 Å². The molecule has 0 unspecified atom stereocenters. The summed E-state index contributed by atoms with van der Waals surface area (Å²) in [6.45, 7) is 5.68. The highest BCUT2D eigenvalue weighted by Gasteiger charge is 2.22. The highest BCUT2D eigenvalue weighted by atomic mass is 35.5. The lowest BCUT2D eigenvalue weighted by atomic mass is 9.86. The molecule has 0 bridgehead atoms. The number of aromatic nitrogens is 1. The van der Waals surface area contributed by atoms with Gasteiger partial charge in [0.1, 0.15) is 24.0 Å². The summed E-state index contributed by atoms with van der Waals surface area (Å²) in [5.41, 5.74) is 1.32. The van der Waals surface area contributed by atoms with Gasteiger partial charge in [-0.2, -0.15) is 5.26 Å². The van der Waals surface area contributed by atoms with Crippen LogP contribution in [0.15, 0.2) is 53.6 Å². The number of carbonyl (C=O) groups is 2. The van der Waals surface area contributed by atoms with Crippen LogP contribution in [0, 0.1) is 23.0 Å². The average Bonchev–Trinajstić information content (AvgIpc) is 2.86. The van der Waals surface area contributed by atoms with Gasteiger partial charge in [0.05, 0.1) is 17.7 Å². The number of carbonyl (C=O) groups excluding carboxylic acids is 2. The quantitative estimate of drug-likeness (QED) is 0.252. The second-order valence-corrected chi connectivity index (χ2v) is 10.1. The SMILES string of the molecule is CCSc1ccc(CC(=O)Nc2ccc(C(C)(C)C=O)c(Cl)c2)nc1.CNc1cc(C#N)c(F)cc1F. The molecule has 3 aromatic rings. The molecule has 2 N–H and O–H groups in total. The van der Waals surface area contributed by atoms with Gasteiger partial charge in [0.2, 0.25) is 5.91 Å². The van der Waals surface area contributed by atoms with Gasteiger partial charge in [-0.1, -0.05) is 24.6 Å². The third-order valence-corrected chi connectivity index (χ3v) is 6.31. The maximum absolute atomic E-state index is 12.8. The van der Waals surface area contributed by atoms with Gasteiger partial charge in [-0.3, -0.25) is 9.78 Å². The maximum Gasteiger partial charge on any atom is 0.230 e. The topological polar surface area (TPSA) is 94.9 Å². The molecule has 37 heavy (non-hydrogen) atoms. The molecule has 0 atom stereocenters. The van der Waals surface area contributed by atoms with Crippen molar-refractivity contribution in [2.24, 2.45) is 0 Å². The minimum atomic E-state index is -0.839. The molecule has 6 nitrogen and oxygen atoms in total. The Kier molecular flexibility index (Phi) is 11.0. The lowest BCUT2D eigenvalue weighted by Gasteiger charge is -2.19. The lowest BCUT2D eigenvalue weighted by Crippen LogP contribution is -2.20. The molecule has 0 saturated carbocycles. The molecule has 0 saturated heterocycles. The molecule has 194 valence electrons. The van der Waals surface area contributed by atoms with E-state index < -0.39 is 17.0 Å². The summed E-state index contributed by atoms with van der Waals surface area (Å²) in [4.78, 5) is 28.8. The van der Waals surface area contributed by atoms with E-state index in [2.05, 4.69) is 22.5 Å². The number of nitrogens with zero attached hydrogens (tertiary/aromatic N) is 2. The van der Waals surface area contributed by atoms with E-state index in [-0.39, 0.29) is 23.6 Å². The molecular formula is C27H27ClF2N4O2S. The van der Waals surface area contributed by atoms with Crippen LogP contribution in [0.4, 0.5) is 20.2 Å². The first-order chi connectivity index (χ1) is 17.5. The van der Waals surface area contributed by atoms with E-state index in [0.29, 0.717) is 22.5 Å². The van der Waals surface area contributed by atoms with E-state index in [1.165, 1.54) is 7.05 Å². The number of amides is 1. The van der Waals surface area contributed by atoms with Crippen molar-refractivity contribution in [1.82, 2.24) is 4.98 Å². The molecule has 0 aliphatic rings. The van der Waals surface area contributed by atoms with Gasteiger partial charge in [0.25, 0.3) is 0 Å². The van der Waals surface area contributed by atoms with E-state index in [1.807, 2.05) is 12.1 Å². The van der Waals surface area contributed by atoms with Gasteiger partial charge in [-0.15, -0.1) is 11.8 Å². The van der Waals surface area contributed by atoms with Crippen molar-refractivity contribution >= 4 is 46.9 Å². The first-order valence-electron chi connectivity index (χ1n) is 11.2. The Balaban J connectivity index is 0.000000335. The average molecular weight is 545 g/mol. The van der Waals surface area contributed by atoms with Gasteiger partial charge in [-0.25, -0.2) is 8.78 Å². The summed E-state index contributed by atoms with van der Waals surface area (Å²) < 4.78 is 25.4. The first-order valence-corrected chi connectivity index (χ1v) is 12.6. The van der Waals surface area contributed by atoms with Crippen molar-refractivity contribution < 1.29 is 18.4 Å². The zero-order valence-corrected chi connectivity index (χ0v) is 22.4. The Morgan fingerprint density at radius 3 is 2.46 bits per heavy atom. The minimum Gasteiger partial charge on any atom is -0.386 e. The monoisotopic (exact) mass is 544 g/mol. The summed E-state index contributed by atoms with van der Waals surface area (Å²) in [5, 5.41) is 14.2. The molecule has 3 rings (SSSR count). The number of aldehydes is 1. The normalized spacial score (nSPS) is 10.5. The molecule has 1 aromatic heterocycles. The van der Waals surface area contributed by atoms with E-state index in [1.54, 1.807) is 56.1 Å². The largest absolute Gasteiger partial charge is 0.386 e. The Bertz CT molecular complexity index is 1290. The van der Waals surface area contributed by atoms with E-state index >= 15 is 0 Å². The van der Waals surface area contributed by atoms with Crippen molar-refractivity contribution in [1.29, 1.82) is 5.26 Å². The summed E-state index contributed by atoms with van der Waals surface area (Å²) in [7, 11) is 1.50. The van der Waals surface area contributed by atoms with Crippen LogP contribution in [0.5, 0.6) is 0 Å². The van der Waals surface area contributed by atoms with Gasteiger partial charge in [0, 0.05) is 46.0 Å². The van der Waals surface area contributed by atoms with Gasteiger partial charge in [0.15, 0.2) is 0 Å². The summed E-state index contributed by atoms with van der Waals surface area (Å²) >= 11 is 7.97. The summed E-state index contributed by atoms with van der Waals surface area (Å²) in [6, 6.07) is 12.4. The Morgan fingerprint density at radius 2 is 1.92 bits per heavy atom. The molecule has 0 spiro atoms. The van der Waals surface area contributed by atoms with Crippen molar-refractivity contribution in [3.63, 3.8) is 0 Å². The van der Waals surface area contributed by atoms with Gasteiger partial charge in [-0.05, 0) is 55.5 Å². The molecule has 1 amide bonds. The van der Waals surface area contributed by atoms with Crippen LogP contribution < -0.4 is 10.6 Å². The van der Waals surface area contributed by atoms with E-state index in [0.717, 1.165) is 28.6 Å². The standard InChI is InChI=1S/C19H21ClN2O2S.C8H6F2N2/c1-4-25-15-7-5-13(21-11-15)10-18(24)22-14-6-8-16(17(20)9-14)19(2,3)12-23;1-12-8-2-5(4-11)6(9)3-7(8)10/h5-9,11-12H,4,10H2,1-3H3,(H,22,24);2-3,12H,1H3. The predicted molar refractivity (Wildman–Crippen MR) is 144 cm³/mol. The molecule has 0 fully saturated rings. The zero-order valence-electron chi connectivity index (χ0n) is 20.9. The number of rotatable bonds is 8. The number of pyridine rings is 1. The number of thioether (sulfide) groups is 1. The highest BCUT2D eigenvalue weighted by Crippen LogP contribution is 2.30. The highest BCUT2D eigenvalue weighted by molar-refractivity contribution is 7.99. The second kappa shape index (κ2) is 13.7. The van der Waals surface area contributed by atoms with Crippen LogP contribution in [0.2, 0.25) is 5.02 Å². The van der Waals surface area contributed by atoms with Gasteiger partial charge >= 0.3 is 0 Å². The molecule has 0 radical (unpaired) electrons. The molecule has 2 aromatic carbocycles. The third kappa shape index (κ3) is 8.55. The number of benzene rings is 2. The van der Waals surface area contributed by atoms with Crippen LogP contribution in [0.25, 0.3) is 0 Å². The van der Waals surface area contributed by atoms with Crippen LogP contribution in [-0.4, -0.2) is 30.0 Å². The maximum atomic E-state index is 12.8. The number of anilines is 2. The smallest absolute Gasteiger partial charge is 0.230 e. The Hall–Kier alpha value is -3.48. The van der Waals surface area contributed by atoms with Crippen LogP contribution in [0.1, 0.15) is 37.6 Å².